The Balaban J connectivity index is 1.78. The van der Waals surface area contributed by atoms with Crippen molar-refractivity contribution < 1.29 is 18.0 Å². The molecule has 4 rings (SSSR count). The Kier molecular flexibility index (Phi) is 9.96. The molecule has 41 heavy (non-hydrogen) atoms. The number of nitrogens with one attached hydrogen (secondary N) is 1. The van der Waals surface area contributed by atoms with E-state index in [1.807, 2.05) is 67.6 Å². The molecule has 0 unspecified atom stereocenters. The summed E-state index contributed by atoms with van der Waals surface area (Å²) in [5.41, 5.74) is 2.89. The molecule has 1 N–H and O–H groups in total. The van der Waals surface area contributed by atoms with Crippen molar-refractivity contribution in [2.75, 3.05) is 17.9 Å². The fourth-order valence-electron chi connectivity index (χ4n) is 4.54. The van der Waals surface area contributed by atoms with E-state index in [2.05, 4.69) is 21.2 Å². The second-order valence-corrected chi connectivity index (χ2v) is 12.4. The minimum atomic E-state index is -4.11. The molecule has 0 aliphatic rings. The maximum Gasteiger partial charge on any atom is 0.264 e. The standard InChI is InChI=1S/C32H32BrN3O4S/c1-24-10-9-13-28(20-24)36(41(39,40)29-14-7-4-8-15-29)23-31(37)35(22-26-16-18-27(33)19-17-26)30(32(38)34-2)21-25-11-5-3-6-12-25/h3-20,30H,21-23H2,1-2H3,(H,34,38)/t30-/m1/s1. The zero-order valence-corrected chi connectivity index (χ0v) is 25.3. The first-order valence-corrected chi connectivity index (χ1v) is 15.4. The van der Waals surface area contributed by atoms with Gasteiger partial charge >= 0.3 is 0 Å². The first kappa shape index (κ1) is 30.0. The second kappa shape index (κ2) is 13.6. The molecule has 0 radical (unpaired) electrons. The van der Waals surface area contributed by atoms with Gasteiger partial charge < -0.3 is 10.2 Å². The van der Waals surface area contributed by atoms with Crippen molar-refractivity contribution in [3.63, 3.8) is 0 Å². The van der Waals surface area contributed by atoms with E-state index < -0.39 is 28.5 Å². The lowest BCUT2D eigenvalue weighted by Gasteiger charge is -2.33. The van der Waals surface area contributed by atoms with Gasteiger partial charge in [-0.25, -0.2) is 8.42 Å². The van der Waals surface area contributed by atoms with Crippen LogP contribution in [0.4, 0.5) is 5.69 Å². The van der Waals surface area contributed by atoms with Gasteiger partial charge in [-0.2, -0.15) is 0 Å². The van der Waals surface area contributed by atoms with Crippen LogP contribution in [0.3, 0.4) is 0 Å². The molecule has 4 aromatic rings. The molecule has 0 spiro atoms. The van der Waals surface area contributed by atoms with Crippen molar-refractivity contribution >= 4 is 43.5 Å². The molecular weight excluding hydrogens is 602 g/mol. The summed E-state index contributed by atoms with van der Waals surface area (Å²) < 4.78 is 29.8. The molecule has 9 heteroatoms. The molecule has 0 saturated heterocycles. The number of aryl methyl sites for hydroxylation is 1. The average molecular weight is 635 g/mol. The molecule has 7 nitrogen and oxygen atoms in total. The van der Waals surface area contributed by atoms with Gasteiger partial charge in [-0.3, -0.25) is 13.9 Å². The summed E-state index contributed by atoms with van der Waals surface area (Å²) in [6, 6.07) is 31.1. The molecular formula is C32H32BrN3O4S. The maximum absolute atomic E-state index is 14.2. The van der Waals surface area contributed by atoms with Crippen molar-refractivity contribution in [3.8, 4) is 0 Å². The Bertz CT molecular complexity index is 1580. The zero-order valence-electron chi connectivity index (χ0n) is 22.9. The third-order valence-corrected chi connectivity index (χ3v) is 9.00. The molecule has 212 valence electrons. The number of sulfonamides is 1. The number of likely N-dealkylation sites (N-methyl/N-ethyl adjacent to an activating group) is 1. The summed E-state index contributed by atoms with van der Waals surface area (Å²) in [5, 5.41) is 2.69. The van der Waals surface area contributed by atoms with Gasteiger partial charge in [0.25, 0.3) is 10.0 Å². The van der Waals surface area contributed by atoms with Crippen molar-refractivity contribution in [1.82, 2.24) is 10.2 Å². The number of hydrogen-bond donors (Lipinski definition) is 1. The van der Waals surface area contributed by atoms with Gasteiger partial charge in [-0.1, -0.05) is 88.7 Å². The van der Waals surface area contributed by atoms with Crippen LogP contribution in [0.25, 0.3) is 0 Å². The molecule has 0 heterocycles. The number of halogens is 1. The summed E-state index contributed by atoms with van der Waals surface area (Å²) in [6.45, 7) is 1.49. The predicted octanol–water partition coefficient (Wildman–Crippen LogP) is 5.34. The summed E-state index contributed by atoms with van der Waals surface area (Å²) in [4.78, 5) is 29.1. The van der Waals surface area contributed by atoms with Crippen LogP contribution in [-0.2, 0) is 32.6 Å². The minimum Gasteiger partial charge on any atom is -0.357 e. The van der Waals surface area contributed by atoms with Crippen LogP contribution in [0.15, 0.2) is 119 Å². The maximum atomic E-state index is 14.2. The highest BCUT2D eigenvalue weighted by molar-refractivity contribution is 9.10. The van der Waals surface area contributed by atoms with Crippen LogP contribution in [0.1, 0.15) is 16.7 Å². The van der Waals surface area contributed by atoms with Crippen LogP contribution in [0.5, 0.6) is 0 Å². The average Bonchev–Trinajstić information content (AvgIpc) is 2.99. The SMILES string of the molecule is CNC(=O)[C@@H](Cc1ccccc1)N(Cc1ccc(Br)cc1)C(=O)CN(c1cccc(C)c1)S(=O)(=O)c1ccccc1. The third kappa shape index (κ3) is 7.62. The molecule has 0 aromatic heterocycles. The molecule has 0 aliphatic carbocycles. The van der Waals surface area contributed by atoms with Gasteiger partial charge in [0.1, 0.15) is 12.6 Å². The smallest absolute Gasteiger partial charge is 0.264 e. The topological polar surface area (TPSA) is 86.8 Å². The van der Waals surface area contributed by atoms with Gasteiger partial charge in [0.05, 0.1) is 10.6 Å². The first-order chi connectivity index (χ1) is 19.7. The summed E-state index contributed by atoms with van der Waals surface area (Å²) in [7, 11) is -2.58. The van der Waals surface area contributed by atoms with E-state index in [1.165, 1.54) is 24.1 Å². The first-order valence-electron chi connectivity index (χ1n) is 13.1. The number of benzene rings is 4. The highest BCUT2D eigenvalue weighted by Crippen LogP contribution is 2.26. The number of carbonyl (C=O) groups is 2. The number of carbonyl (C=O) groups excluding carboxylic acids is 2. The van der Waals surface area contributed by atoms with Crippen molar-refractivity contribution in [2.45, 2.75) is 30.8 Å². The second-order valence-electron chi connectivity index (χ2n) is 9.63. The lowest BCUT2D eigenvalue weighted by Crippen LogP contribution is -2.53. The van der Waals surface area contributed by atoms with Crippen LogP contribution in [-0.4, -0.2) is 44.8 Å². The predicted molar refractivity (Wildman–Crippen MR) is 165 cm³/mol. The lowest BCUT2D eigenvalue weighted by atomic mass is 10.0. The number of hydrogen-bond acceptors (Lipinski definition) is 4. The zero-order chi connectivity index (χ0) is 29.4. The summed E-state index contributed by atoms with van der Waals surface area (Å²) >= 11 is 3.44. The molecule has 4 aromatic carbocycles. The number of anilines is 1. The van der Waals surface area contributed by atoms with E-state index in [4.69, 9.17) is 0 Å². The largest absolute Gasteiger partial charge is 0.357 e. The van der Waals surface area contributed by atoms with E-state index in [9.17, 15) is 18.0 Å². The number of rotatable bonds is 11. The Morgan fingerprint density at radius 2 is 1.46 bits per heavy atom. The monoisotopic (exact) mass is 633 g/mol. The molecule has 0 saturated carbocycles. The Hall–Kier alpha value is -3.95. The number of nitrogens with zero attached hydrogens (tertiary/aromatic N) is 2. The fourth-order valence-corrected chi connectivity index (χ4v) is 6.23. The van der Waals surface area contributed by atoms with Gasteiger partial charge in [-0.05, 0) is 60.0 Å². The van der Waals surface area contributed by atoms with Crippen LogP contribution in [0.2, 0.25) is 0 Å². The van der Waals surface area contributed by atoms with Crippen molar-refractivity contribution in [1.29, 1.82) is 0 Å². The van der Waals surface area contributed by atoms with Gasteiger partial charge in [0.2, 0.25) is 11.8 Å². The molecule has 0 bridgehead atoms. The molecule has 1 atom stereocenters. The molecule has 0 fully saturated rings. The highest BCUT2D eigenvalue weighted by Gasteiger charge is 2.34. The van der Waals surface area contributed by atoms with E-state index in [0.717, 1.165) is 25.5 Å². The Labute approximate surface area is 250 Å². The van der Waals surface area contributed by atoms with Gasteiger partial charge in [0.15, 0.2) is 0 Å². The Morgan fingerprint density at radius 3 is 2.07 bits per heavy atom. The van der Waals surface area contributed by atoms with Crippen molar-refractivity contribution in [2.24, 2.45) is 0 Å². The van der Waals surface area contributed by atoms with Crippen LogP contribution >= 0.6 is 15.9 Å². The quantitative estimate of drug-likeness (QED) is 0.242. The van der Waals surface area contributed by atoms with Crippen molar-refractivity contribution in [3.05, 3.63) is 130 Å². The lowest BCUT2D eigenvalue weighted by molar-refractivity contribution is -0.139. The third-order valence-electron chi connectivity index (χ3n) is 6.68. The summed E-state index contributed by atoms with van der Waals surface area (Å²) in [6.07, 6.45) is 0.263. The Morgan fingerprint density at radius 1 is 0.829 bits per heavy atom. The van der Waals surface area contributed by atoms with E-state index in [1.54, 1.807) is 36.4 Å². The highest BCUT2D eigenvalue weighted by atomic mass is 79.9. The van der Waals surface area contributed by atoms with Gasteiger partial charge in [0, 0.05) is 24.5 Å². The fraction of sp³-hybridized carbons (Fsp3) is 0.188. The normalized spacial score (nSPS) is 11.9. The van der Waals surface area contributed by atoms with E-state index in [-0.39, 0.29) is 23.8 Å². The molecule has 0 aliphatic heterocycles. The molecule has 2 amide bonds. The number of amides is 2. The van der Waals surface area contributed by atoms with E-state index in [0.29, 0.717) is 5.69 Å². The minimum absolute atomic E-state index is 0.0703. The summed E-state index contributed by atoms with van der Waals surface area (Å²) in [5.74, 6) is -0.842. The van der Waals surface area contributed by atoms with Crippen LogP contribution < -0.4 is 9.62 Å². The van der Waals surface area contributed by atoms with Crippen LogP contribution in [0, 0.1) is 6.92 Å². The van der Waals surface area contributed by atoms with Gasteiger partial charge in [-0.15, -0.1) is 0 Å². The van der Waals surface area contributed by atoms with E-state index >= 15 is 0 Å².